The number of hydrogen-bond acceptors (Lipinski definition) is 2. The van der Waals surface area contributed by atoms with Crippen molar-refractivity contribution in [2.75, 3.05) is 0 Å². The number of phenolic OH excluding ortho intramolecular Hbond substituents is 1. The van der Waals surface area contributed by atoms with Crippen molar-refractivity contribution < 1.29 is 9.90 Å². The van der Waals surface area contributed by atoms with E-state index in [2.05, 4.69) is 27.7 Å². The van der Waals surface area contributed by atoms with Crippen LogP contribution in [-0.4, -0.2) is 10.9 Å². The first-order valence-electron chi connectivity index (χ1n) is 6.46. The van der Waals surface area contributed by atoms with Crippen LogP contribution < -0.4 is 0 Å². The summed E-state index contributed by atoms with van der Waals surface area (Å²) >= 11 is 0. The molecule has 2 heteroatoms. The molecule has 18 heavy (non-hydrogen) atoms. The largest absolute Gasteiger partial charge is 0.507 e. The molecule has 0 bridgehead atoms. The van der Waals surface area contributed by atoms with Crippen LogP contribution in [0.15, 0.2) is 12.1 Å². The quantitative estimate of drug-likeness (QED) is 0.875. The topological polar surface area (TPSA) is 37.3 Å². The van der Waals surface area contributed by atoms with Crippen LogP contribution in [0.1, 0.15) is 63.6 Å². The third-order valence-electron chi connectivity index (χ3n) is 3.29. The van der Waals surface area contributed by atoms with E-state index in [9.17, 15) is 9.90 Å². The average molecular weight is 248 g/mol. The summed E-state index contributed by atoms with van der Waals surface area (Å²) in [5.41, 5.74) is 2.87. The number of carbonyl (C=O) groups excluding carboxylic acids is 1. The number of ketones is 1. The third-order valence-corrected chi connectivity index (χ3v) is 3.29. The summed E-state index contributed by atoms with van der Waals surface area (Å²) in [5, 5.41) is 10.2. The maximum Gasteiger partial charge on any atom is 0.130 e. The molecule has 1 aromatic rings. The molecule has 0 radical (unpaired) electrons. The van der Waals surface area contributed by atoms with Gasteiger partial charge in [-0.3, -0.25) is 0 Å². The summed E-state index contributed by atoms with van der Waals surface area (Å²) < 4.78 is 0. The molecule has 1 atom stereocenters. The van der Waals surface area contributed by atoms with E-state index >= 15 is 0 Å². The van der Waals surface area contributed by atoms with Crippen molar-refractivity contribution in [2.45, 2.75) is 59.3 Å². The summed E-state index contributed by atoms with van der Waals surface area (Å²) in [5.74, 6) is 0.773. The van der Waals surface area contributed by atoms with Crippen molar-refractivity contribution in [2.24, 2.45) is 0 Å². The highest BCUT2D eigenvalue weighted by molar-refractivity contribution is 5.76. The minimum atomic E-state index is -0.0964. The lowest BCUT2D eigenvalue weighted by Crippen LogP contribution is -2.13. The highest BCUT2D eigenvalue weighted by Crippen LogP contribution is 2.36. The Kier molecular flexibility index (Phi) is 4.20. The van der Waals surface area contributed by atoms with Gasteiger partial charge in [0, 0.05) is 6.42 Å². The van der Waals surface area contributed by atoms with E-state index in [-0.39, 0.29) is 17.1 Å². The van der Waals surface area contributed by atoms with E-state index < -0.39 is 0 Å². The number of Topliss-reactive ketones (excluding diaryl/α,β-unsaturated/α-hetero) is 1. The van der Waals surface area contributed by atoms with Gasteiger partial charge in [-0.25, -0.2) is 0 Å². The molecule has 2 nitrogen and oxygen atoms in total. The Morgan fingerprint density at radius 2 is 1.89 bits per heavy atom. The van der Waals surface area contributed by atoms with Crippen LogP contribution in [0.4, 0.5) is 0 Å². The number of aryl methyl sites for hydroxylation is 1. The number of aromatic hydroxyl groups is 1. The minimum Gasteiger partial charge on any atom is -0.507 e. The highest BCUT2D eigenvalue weighted by Gasteiger charge is 2.21. The van der Waals surface area contributed by atoms with Crippen molar-refractivity contribution >= 4 is 5.78 Å². The van der Waals surface area contributed by atoms with Crippen LogP contribution in [0.25, 0.3) is 0 Å². The van der Waals surface area contributed by atoms with Crippen molar-refractivity contribution in [1.29, 1.82) is 0 Å². The summed E-state index contributed by atoms with van der Waals surface area (Å²) in [7, 11) is 0. The Hall–Kier alpha value is -1.31. The fourth-order valence-corrected chi connectivity index (χ4v) is 2.21. The van der Waals surface area contributed by atoms with Gasteiger partial charge in [-0.05, 0) is 41.9 Å². The van der Waals surface area contributed by atoms with Gasteiger partial charge < -0.3 is 9.90 Å². The van der Waals surface area contributed by atoms with Crippen LogP contribution in [-0.2, 0) is 10.2 Å². The first-order valence-corrected chi connectivity index (χ1v) is 6.46. The maximum absolute atomic E-state index is 11.2. The van der Waals surface area contributed by atoms with E-state index in [1.807, 2.05) is 19.1 Å². The van der Waals surface area contributed by atoms with Gasteiger partial charge in [0.05, 0.1) is 0 Å². The standard InChI is InChI=1S/C16H24O2/c1-10(7-12(3)17)13-8-11(2)15(18)14(9-13)16(4,5)6/h8-10,18H,7H2,1-6H3. The van der Waals surface area contributed by atoms with E-state index in [0.29, 0.717) is 12.2 Å². The van der Waals surface area contributed by atoms with Crippen LogP contribution in [0.5, 0.6) is 5.75 Å². The number of carbonyl (C=O) groups is 1. The zero-order chi connectivity index (χ0) is 14.1. The highest BCUT2D eigenvalue weighted by atomic mass is 16.3. The van der Waals surface area contributed by atoms with Crippen LogP contribution >= 0.6 is 0 Å². The Bertz CT molecular complexity index is 453. The summed E-state index contributed by atoms with van der Waals surface area (Å²) in [4.78, 5) is 11.2. The van der Waals surface area contributed by atoms with Crippen molar-refractivity contribution in [3.63, 3.8) is 0 Å². The molecule has 0 aromatic heterocycles. The molecule has 0 aliphatic rings. The van der Waals surface area contributed by atoms with Crippen molar-refractivity contribution in [3.8, 4) is 5.75 Å². The third kappa shape index (κ3) is 3.34. The van der Waals surface area contributed by atoms with E-state index in [0.717, 1.165) is 16.7 Å². The predicted molar refractivity (Wildman–Crippen MR) is 75.3 cm³/mol. The molecule has 0 amide bonds. The second-order valence-corrected chi connectivity index (χ2v) is 6.29. The molecule has 1 aromatic carbocycles. The molecule has 0 fully saturated rings. The molecular weight excluding hydrogens is 224 g/mol. The summed E-state index contributed by atoms with van der Waals surface area (Å²) in [6.45, 7) is 11.8. The fourth-order valence-electron chi connectivity index (χ4n) is 2.21. The molecular formula is C16H24O2. The van der Waals surface area contributed by atoms with Gasteiger partial charge in [-0.15, -0.1) is 0 Å². The van der Waals surface area contributed by atoms with Gasteiger partial charge >= 0.3 is 0 Å². The fraction of sp³-hybridized carbons (Fsp3) is 0.562. The Morgan fingerprint density at radius 3 is 2.33 bits per heavy atom. The normalized spacial score (nSPS) is 13.4. The van der Waals surface area contributed by atoms with Crippen LogP contribution in [0, 0.1) is 6.92 Å². The molecule has 0 aliphatic heterocycles. The lowest BCUT2D eigenvalue weighted by molar-refractivity contribution is -0.117. The van der Waals surface area contributed by atoms with Gasteiger partial charge in [0.15, 0.2) is 0 Å². The second-order valence-electron chi connectivity index (χ2n) is 6.29. The first kappa shape index (κ1) is 14.7. The summed E-state index contributed by atoms with van der Waals surface area (Å²) in [6.07, 6.45) is 0.549. The number of phenols is 1. The molecule has 0 spiro atoms. The Morgan fingerprint density at radius 1 is 1.33 bits per heavy atom. The molecule has 1 unspecified atom stereocenters. The summed E-state index contributed by atoms with van der Waals surface area (Å²) in [6, 6.07) is 4.02. The Balaban J connectivity index is 3.24. The van der Waals surface area contributed by atoms with Crippen LogP contribution in [0.3, 0.4) is 0 Å². The SMILES string of the molecule is CC(=O)CC(C)c1cc(C)c(O)c(C(C)(C)C)c1. The monoisotopic (exact) mass is 248 g/mol. The van der Waals surface area contributed by atoms with Gasteiger partial charge in [0.25, 0.3) is 0 Å². The van der Waals surface area contributed by atoms with Gasteiger partial charge in [0.2, 0.25) is 0 Å². The van der Waals surface area contributed by atoms with Gasteiger partial charge in [-0.1, -0.05) is 39.8 Å². The van der Waals surface area contributed by atoms with Crippen molar-refractivity contribution in [3.05, 3.63) is 28.8 Å². The lowest BCUT2D eigenvalue weighted by Gasteiger charge is -2.24. The number of rotatable bonds is 3. The van der Waals surface area contributed by atoms with Crippen LogP contribution in [0.2, 0.25) is 0 Å². The first-order chi connectivity index (χ1) is 8.12. The molecule has 0 saturated carbocycles. The Labute approximate surface area is 110 Å². The molecule has 100 valence electrons. The molecule has 0 heterocycles. The lowest BCUT2D eigenvalue weighted by atomic mass is 9.82. The zero-order valence-electron chi connectivity index (χ0n) is 12.3. The average Bonchev–Trinajstić information content (AvgIpc) is 2.18. The predicted octanol–water partition coefficient (Wildman–Crippen LogP) is 4.08. The number of hydrogen-bond donors (Lipinski definition) is 1. The molecule has 1 rings (SSSR count). The molecule has 1 N–H and O–H groups in total. The smallest absolute Gasteiger partial charge is 0.130 e. The van der Waals surface area contributed by atoms with E-state index in [1.54, 1.807) is 6.92 Å². The molecule has 0 aliphatic carbocycles. The van der Waals surface area contributed by atoms with Gasteiger partial charge in [0.1, 0.15) is 11.5 Å². The second kappa shape index (κ2) is 5.13. The van der Waals surface area contributed by atoms with E-state index in [4.69, 9.17) is 0 Å². The number of benzene rings is 1. The van der Waals surface area contributed by atoms with E-state index in [1.165, 1.54) is 0 Å². The maximum atomic E-state index is 11.2. The zero-order valence-corrected chi connectivity index (χ0v) is 12.3. The van der Waals surface area contributed by atoms with Gasteiger partial charge in [-0.2, -0.15) is 0 Å². The minimum absolute atomic E-state index is 0.0964. The van der Waals surface area contributed by atoms with Crippen molar-refractivity contribution in [1.82, 2.24) is 0 Å². The molecule has 0 saturated heterocycles.